The third-order valence-electron chi connectivity index (χ3n) is 2.22. The Morgan fingerprint density at radius 3 is 2.88 bits per heavy atom. The molecule has 16 heavy (non-hydrogen) atoms. The van der Waals surface area contributed by atoms with Gasteiger partial charge in [-0.15, -0.1) is 0 Å². The van der Waals surface area contributed by atoms with E-state index in [0.717, 1.165) is 0 Å². The van der Waals surface area contributed by atoms with E-state index >= 15 is 0 Å². The van der Waals surface area contributed by atoms with Gasteiger partial charge in [0.05, 0.1) is 0 Å². The summed E-state index contributed by atoms with van der Waals surface area (Å²) in [5, 5.41) is 11.4. The fourth-order valence-corrected chi connectivity index (χ4v) is 1.18. The Hall–Kier alpha value is -1.62. The Bertz CT molecular complexity index is 425. The maximum absolute atomic E-state index is 11.6. The molecule has 1 amide bonds. The van der Waals surface area contributed by atoms with Gasteiger partial charge in [-0.25, -0.2) is 0 Å². The van der Waals surface area contributed by atoms with Gasteiger partial charge in [0.1, 0.15) is 5.56 Å². The number of carbonyl (C=O) groups is 1. The first-order chi connectivity index (χ1) is 7.54. The highest BCUT2D eigenvalue weighted by atomic mass is 16.3. The summed E-state index contributed by atoms with van der Waals surface area (Å²) in [7, 11) is 0. The zero-order valence-corrected chi connectivity index (χ0v) is 9.41. The molecule has 0 aliphatic heterocycles. The quantitative estimate of drug-likeness (QED) is 0.675. The molecule has 3 N–H and O–H groups in total. The topological polar surface area (TPSA) is 82.2 Å². The summed E-state index contributed by atoms with van der Waals surface area (Å²) in [6.45, 7) is 3.91. The lowest BCUT2D eigenvalue weighted by Crippen LogP contribution is -2.32. The van der Waals surface area contributed by atoms with E-state index < -0.39 is 5.91 Å². The van der Waals surface area contributed by atoms with Crippen LogP contribution in [0.5, 0.6) is 0 Å². The van der Waals surface area contributed by atoms with Crippen LogP contribution in [-0.4, -0.2) is 29.1 Å². The second-order valence-electron chi connectivity index (χ2n) is 3.89. The molecular weight excluding hydrogens is 208 g/mol. The van der Waals surface area contributed by atoms with Crippen molar-refractivity contribution in [3.05, 3.63) is 33.7 Å². The van der Waals surface area contributed by atoms with Crippen LogP contribution in [0.15, 0.2) is 17.1 Å². The fraction of sp³-hybridized carbons (Fsp3) is 0.455. The number of aromatic amines is 1. The lowest BCUT2D eigenvalue weighted by atomic mass is 10.2. The average Bonchev–Trinajstić information content (AvgIpc) is 2.25. The van der Waals surface area contributed by atoms with Crippen LogP contribution in [0.4, 0.5) is 0 Å². The summed E-state index contributed by atoms with van der Waals surface area (Å²) in [5.41, 5.74) is 0.506. The zero-order valence-electron chi connectivity index (χ0n) is 9.41. The molecule has 0 aliphatic carbocycles. The van der Waals surface area contributed by atoms with E-state index in [1.54, 1.807) is 13.8 Å². The molecule has 0 bridgehead atoms. The number of aryl methyl sites for hydroxylation is 1. The number of aromatic nitrogens is 1. The van der Waals surface area contributed by atoms with E-state index in [1.807, 2.05) is 0 Å². The van der Waals surface area contributed by atoms with E-state index in [1.165, 1.54) is 12.3 Å². The second kappa shape index (κ2) is 5.46. The summed E-state index contributed by atoms with van der Waals surface area (Å²) in [6, 6.07) is 1.38. The first-order valence-electron chi connectivity index (χ1n) is 5.13. The van der Waals surface area contributed by atoms with Crippen molar-refractivity contribution >= 4 is 5.91 Å². The number of H-pyrrole nitrogens is 1. The molecule has 5 nitrogen and oxygen atoms in total. The molecule has 88 valence electrons. The number of carbonyl (C=O) groups excluding carboxylic acids is 1. The van der Waals surface area contributed by atoms with Gasteiger partial charge in [0.25, 0.3) is 5.91 Å². The predicted molar refractivity (Wildman–Crippen MR) is 60.4 cm³/mol. The van der Waals surface area contributed by atoms with Gasteiger partial charge >= 0.3 is 0 Å². The van der Waals surface area contributed by atoms with Gasteiger partial charge in [0.2, 0.25) is 0 Å². The fourth-order valence-electron chi connectivity index (χ4n) is 1.18. The number of amides is 1. The van der Waals surface area contributed by atoms with Gasteiger partial charge < -0.3 is 15.4 Å². The smallest absolute Gasteiger partial charge is 0.256 e. The maximum atomic E-state index is 11.6. The molecule has 0 aliphatic rings. The van der Waals surface area contributed by atoms with Crippen molar-refractivity contribution in [3.8, 4) is 0 Å². The molecule has 0 fully saturated rings. The van der Waals surface area contributed by atoms with Crippen LogP contribution in [0.2, 0.25) is 0 Å². The highest BCUT2D eigenvalue weighted by molar-refractivity contribution is 5.93. The molecule has 1 rings (SSSR count). The summed E-state index contributed by atoms with van der Waals surface area (Å²) in [6.07, 6.45) is 1.40. The van der Waals surface area contributed by atoms with Crippen LogP contribution in [0, 0.1) is 12.8 Å². The van der Waals surface area contributed by atoms with Crippen molar-refractivity contribution in [3.63, 3.8) is 0 Å². The molecule has 1 aromatic rings. The molecule has 1 heterocycles. The number of nitrogens with one attached hydrogen (secondary N) is 2. The van der Waals surface area contributed by atoms with Crippen LogP contribution in [0.25, 0.3) is 0 Å². The third kappa shape index (κ3) is 3.20. The van der Waals surface area contributed by atoms with Gasteiger partial charge in [0.15, 0.2) is 5.43 Å². The van der Waals surface area contributed by atoms with Crippen LogP contribution in [0.3, 0.4) is 0 Å². The van der Waals surface area contributed by atoms with Crippen molar-refractivity contribution in [2.45, 2.75) is 13.8 Å². The first kappa shape index (κ1) is 12.4. The highest BCUT2D eigenvalue weighted by Crippen LogP contribution is 1.94. The summed E-state index contributed by atoms with van der Waals surface area (Å²) in [4.78, 5) is 25.9. The first-order valence-corrected chi connectivity index (χ1v) is 5.13. The maximum Gasteiger partial charge on any atom is 0.256 e. The van der Waals surface area contributed by atoms with Gasteiger partial charge in [-0.3, -0.25) is 9.59 Å². The van der Waals surface area contributed by atoms with Gasteiger partial charge in [-0.05, 0) is 12.8 Å². The Kier molecular flexibility index (Phi) is 4.25. The number of aliphatic hydroxyl groups excluding tert-OH is 1. The standard InChI is InChI=1S/C11H16N2O3/c1-7(6-14)4-13-11(16)9-5-12-8(2)3-10(9)15/h3,5,7,14H,4,6H2,1-2H3,(H,12,15)(H,13,16). The number of hydrogen-bond acceptors (Lipinski definition) is 3. The van der Waals surface area contributed by atoms with Crippen molar-refractivity contribution in [1.82, 2.24) is 10.3 Å². The van der Waals surface area contributed by atoms with Crippen molar-refractivity contribution in [2.24, 2.45) is 5.92 Å². The Labute approximate surface area is 93.5 Å². The minimum Gasteiger partial charge on any atom is -0.396 e. The highest BCUT2D eigenvalue weighted by Gasteiger charge is 2.10. The van der Waals surface area contributed by atoms with Crippen LogP contribution in [-0.2, 0) is 0 Å². The number of pyridine rings is 1. The molecule has 0 radical (unpaired) electrons. The minimum absolute atomic E-state index is 0.00450. The Morgan fingerprint density at radius 2 is 2.31 bits per heavy atom. The second-order valence-corrected chi connectivity index (χ2v) is 3.89. The van der Waals surface area contributed by atoms with Crippen LogP contribution in [0.1, 0.15) is 23.0 Å². The molecule has 1 aromatic heterocycles. The van der Waals surface area contributed by atoms with E-state index in [9.17, 15) is 9.59 Å². The Balaban J connectivity index is 2.70. The SMILES string of the molecule is Cc1cc(=O)c(C(=O)NCC(C)CO)c[nH]1. The minimum atomic E-state index is -0.415. The van der Waals surface area contributed by atoms with Crippen molar-refractivity contribution < 1.29 is 9.90 Å². The molecule has 0 saturated heterocycles. The summed E-state index contributed by atoms with van der Waals surface area (Å²) < 4.78 is 0. The van der Waals surface area contributed by atoms with Crippen LogP contribution >= 0.6 is 0 Å². The normalized spacial score (nSPS) is 12.2. The van der Waals surface area contributed by atoms with E-state index in [-0.39, 0.29) is 23.5 Å². The molecular formula is C11H16N2O3. The molecule has 5 heteroatoms. The zero-order chi connectivity index (χ0) is 12.1. The number of rotatable bonds is 4. The van der Waals surface area contributed by atoms with E-state index in [4.69, 9.17) is 5.11 Å². The van der Waals surface area contributed by atoms with E-state index in [2.05, 4.69) is 10.3 Å². The van der Waals surface area contributed by atoms with Crippen molar-refractivity contribution in [1.29, 1.82) is 0 Å². The molecule has 1 unspecified atom stereocenters. The van der Waals surface area contributed by atoms with Gasteiger partial charge in [-0.2, -0.15) is 0 Å². The number of aliphatic hydroxyl groups is 1. The lowest BCUT2D eigenvalue weighted by molar-refractivity contribution is 0.0941. The van der Waals surface area contributed by atoms with Gasteiger partial charge in [-0.1, -0.05) is 6.92 Å². The number of hydrogen-bond donors (Lipinski definition) is 3. The predicted octanol–water partition coefficient (Wildman–Crippen LogP) is 0.0415. The van der Waals surface area contributed by atoms with Gasteiger partial charge in [0, 0.05) is 31.1 Å². The molecule has 1 atom stereocenters. The monoisotopic (exact) mass is 224 g/mol. The average molecular weight is 224 g/mol. The van der Waals surface area contributed by atoms with Crippen LogP contribution < -0.4 is 10.7 Å². The van der Waals surface area contributed by atoms with E-state index in [0.29, 0.717) is 12.2 Å². The molecule has 0 spiro atoms. The summed E-state index contributed by atoms with van der Waals surface area (Å²) in [5.74, 6) is -0.435. The lowest BCUT2D eigenvalue weighted by Gasteiger charge is -2.09. The van der Waals surface area contributed by atoms with Crippen molar-refractivity contribution in [2.75, 3.05) is 13.2 Å². The molecule has 0 aromatic carbocycles. The Morgan fingerprint density at radius 1 is 1.62 bits per heavy atom. The summed E-state index contributed by atoms with van der Waals surface area (Å²) >= 11 is 0. The molecule has 0 saturated carbocycles. The largest absolute Gasteiger partial charge is 0.396 e. The third-order valence-corrected chi connectivity index (χ3v) is 2.22.